The molecule has 0 saturated carbocycles. The zero-order valence-electron chi connectivity index (χ0n) is 12.4. The van der Waals surface area contributed by atoms with E-state index in [1.165, 1.54) is 18.2 Å². The maximum atomic E-state index is 13.6. The van der Waals surface area contributed by atoms with Crippen molar-refractivity contribution in [3.63, 3.8) is 0 Å². The molecule has 3 aromatic rings. The van der Waals surface area contributed by atoms with Crippen LogP contribution in [0.25, 0.3) is 16.6 Å². The number of benzene rings is 1. The number of sulfonamides is 1. The van der Waals surface area contributed by atoms with Crippen LogP contribution in [0.5, 0.6) is 0 Å². The Morgan fingerprint density at radius 3 is 2.68 bits per heavy atom. The second-order valence-electron chi connectivity index (χ2n) is 5.12. The van der Waals surface area contributed by atoms with E-state index in [1.54, 1.807) is 11.3 Å². The molecule has 6 nitrogen and oxygen atoms in total. The zero-order chi connectivity index (χ0) is 16.1. The summed E-state index contributed by atoms with van der Waals surface area (Å²) in [5, 5.41) is 0. The molecular formula is C14H15FN4O2S. The fourth-order valence-corrected chi connectivity index (χ4v) is 3.05. The van der Waals surface area contributed by atoms with Crippen LogP contribution in [-0.4, -0.2) is 29.0 Å². The minimum atomic E-state index is -3.49. The van der Waals surface area contributed by atoms with E-state index in [-0.39, 0.29) is 11.6 Å². The van der Waals surface area contributed by atoms with Gasteiger partial charge in [0.05, 0.1) is 23.0 Å². The molecular weight excluding hydrogens is 307 g/mol. The second-order valence-corrected chi connectivity index (χ2v) is 6.87. The molecule has 0 atom stereocenters. The Hall–Kier alpha value is -2.22. The number of aromatic nitrogens is 3. The van der Waals surface area contributed by atoms with Crippen molar-refractivity contribution in [2.75, 3.05) is 11.0 Å². The molecule has 8 heteroatoms. The van der Waals surface area contributed by atoms with Crippen molar-refractivity contribution in [3.8, 4) is 0 Å². The maximum Gasteiger partial charge on any atom is 0.231 e. The molecule has 2 heterocycles. The molecule has 1 N–H and O–H groups in total. The Bertz CT molecular complexity index is 995. The van der Waals surface area contributed by atoms with Gasteiger partial charge < -0.3 is 0 Å². The summed E-state index contributed by atoms with van der Waals surface area (Å²) in [5.41, 5.74) is 2.24. The molecule has 0 bridgehead atoms. The number of hydrogen-bond acceptors (Lipinski definition) is 4. The summed E-state index contributed by atoms with van der Waals surface area (Å²) in [5.74, 6) is 0.543. The highest BCUT2D eigenvalue weighted by Crippen LogP contribution is 2.27. The molecule has 22 heavy (non-hydrogen) atoms. The highest BCUT2D eigenvalue weighted by atomic mass is 32.2. The monoisotopic (exact) mass is 322 g/mol. The summed E-state index contributed by atoms with van der Waals surface area (Å²) in [6.07, 6.45) is 1.69. The summed E-state index contributed by atoms with van der Waals surface area (Å²) in [6.45, 7) is 3.71. The molecule has 0 fully saturated rings. The summed E-state index contributed by atoms with van der Waals surface area (Å²) in [4.78, 5) is 8.76. The predicted octanol–water partition coefficient (Wildman–Crippen LogP) is 2.26. The molecule has 0 saturated heterocycles. The summed E-state index contributed by atoms with van der Waals surface area (Å²) < 4.78 is 40.9. The Labute approximate surface area is 127 Å². The van der Waals surface area contributed by atoms with E-state index >= 15 is 0 Å². The van der Waals surface area contributed by atoms with Crippen molar-refractivity contribution in [1.82, 2.24) is 14.4 Å². The number of halogens is 1. The van der Waals surface area contributed by atoms with Crippen molar-refractivity contribution in [2.45, 2.75) is 20.3 Å². The van der Waals surface area contributed by atoms with E-state index in [9.17, 15) is 12.8 Å². The zero-order valence-corrected chi connectivity index (χ0v) is 13.2. The summed E-state index contributed by atoms with van der Waals surface area (Å²) in [7, 11) is -3.49. The lowest BCUT2D eigenvalue weighted by atomic mass is 10.2. The van der Waals surface area contributed by atoms with Crippen LogP contribution in [0, 0.1) is 12.7 Å². The SMILES string of the molecule is CCc1nc(C)c2c(NS(C)(=O)=O)nc3ccc(F)cc3n12. The van der Waals surface area contributed by atoms with Gasteiger partial charge in [-0.1, -0.05) is 6.92 Å². The van der Waals surface area contributed by atoms with Gasteiger partial charge in [0.2, 0.25) is 10.0 Å². The second kappa shape index (κ2) is 4.91. The number of imidazole rings is 1. The number of nitrogens with one attached hydrogen (secondary N) is 1. The minimum Gasteiger partial charge on any atom is -0.291 e. The Balaban J connectivity index is 2.50. The van der Waals surface area contributed by atoms with Gasteiger partial charge in [-0.05, 0) is 19.1 Å². The lowest BCUT2D eigenvalue weighted by Gasteiger charge is -2.10. The van der Waals surface area contributed by atoms with Gasteiger partial charge in [0.25, 0.3) is 0 Å². The fraction of sp³-hybridized carbons (Fsp3) is 0.286. The molecule has 2 aromatic heterocycles. The van der Waals surface area contributed by atoms with Gasteiger partial charge in [0.1, 0.15) is 17.2 Å². The van der Waals surface area contributed by atoms with E-state index in [4.69, 9.17) is 0 Å². The van der Waals surface area contributed by atoms with Crippen LogP contribution in [0.15, 0.2) is 18.2 Å². The van der Waals surface area contributed by atoms with Crippen LogP contribution in [-0.2, 0) is 16.4 Å². The van der Waals surface area contributed by atoms with Crippen molar-refractivity contribution < 1.29 is 12.8 Å². The van der Waals surface area contributed by atoms with E-state index in [0.717, 1.165) is 12.1 Å². The Morgan fingerprint density at radius 2 is 2.05 bits per heavy atom. The first-order valence-electron chi connectivity index (χ1n) is 6.75. The van der Waals surface area contributed by atoms with Gasteiger partial charge >= 0.3 is 0 Å². The van der Waals surface area contributed by atoms with E-state index in [2.05, 4.69) is 14.7 Å². The number of hydrogen-bond donors (Lipinski definition) is 1. The maximum absolute atomic E-state index is 13.6. The van der Waals surface area contributed by atoms with Crippen LogP contribution in [0.2, 0.25) is 0 Å². The van der Waals surface area contributed by atoms with Gasteiger partial charge in [0.15, 0.2) is 5.82 Å². The predicted molar refractivity (Wildman–Crippen MR) is 83.0 cm³/mol. The highest BCUT2D eigenvalue weighted by Gasteiger charge is 2.18. The number of nitrogens with zero attached hydrogens (tertiary/aromatic N) is 3. The molecule has 116 valence electrons. The van der Waals surface area contributed by atoms with Gasteiger partial charge in [-0.2, -0.15) is 0 Å². The summed E-state index contributed by atoms with van der Waals surface area (Å²) >= 11 is 0. The highest BCUT2D eigenvalue weighted by molar-refractivity contribution is 7.92. The lowest BCUT2D eigenvalue weighted by molar-refractivity contribution is 0.606. The third kappa shape index (κ3) is 2.39. The van der Waals surface area contributed by atoms with Gasteiger partial charge in [-0.15, -0.1) is 0 Å². The topological polar surface area (TPSA) is 76.4 Å². The largest absolute Gasteiger partial charge is 0.291 e. The third-order valence-electron chi connectivity index (χ3n) is 3.35. The molecule has 3 rings (SSSR count). The first kappa shape index (κ1) is 14.7. The number of anilines is 1. The van der Waals surface area contributed by atoms with E-state index < -0.39 is 10.0 Å². The van der Waals surface area contributed by atoms with E-state index in [0.29, 0.717) is 28.7 Å². The van der Waals surface area contributed by atoms with Gasteiger partial charge in [0, 0.05) is 12.5 Å². The number of aryl methyl sites for hydroxylation is 2. The van der Waals surface area contributed by atoms with Crippen LogP contribution < -0.4 is 4.72 Å². The smallest absolute Gasteiger partial charge is 0.231 e. The third-order valence-corrected chi connectivity index (χ3v) is 3.92. The van der Waals surface area contributed by atoms with Crippen LogP contribution in [0.4, 0.5) is 10.2 Å². The normalized spacial score (nSPS) is 12.2. The Morgan fingerprint density at radius 1 is 1.32 bits per heavy atom. The van der Waals surface area contributed by atoms with Crippen LogP contribution in [0.3, 0.4) is 0 Å². The van der Waals surface area contributed by atoms with E-state index in [1.807, 2.05) is 6.92 Å². The molecule has 0 unspecified atom stereocenters. The average molecular weight is 322 g/mol. The standard InChI is InChI=1S/C14H15FN4O2S/c1-4-12-16-8(2)13-14(18-22(3,20)21)17-10-6-5-9(15)7-11(10)19(12)13/h5-7H,4H2,1-3H3,(H,17,18). The lowest BCUT2D eigenvalue weighted by Crippen LogP contribution is -2.13. The molecule has 0 amide bonds. The van der Waals surface area contributed by atoms with Crippen LogP contribution >= 0.6 is 0 Å². The molecule has 0 aliphatic rings. The van der Waals surface area contributed by atoms with Gasteiger partial charge in [-0.3, -0.25) is 9.12 Å². The molecule has 1 aromatic carbocycles. The quantitative estimate of drug-likeness (QED) is 0.802. The molecule has 0 aliphatic heterocycles. The van der Waals surface area contributed by atoms with Crippen molar-refractivity contribution >= 4 is 32.4 Å². The first-order chi connectivity index (χ1) is 10.3. The fourth-order valence-electron chi connectivity index (χ4n) is 2.55. The molecule has 0 spiro atoms. The minimum absolute atomic E-state index is 0.200. The van der Waals surface area contributed by atoms with Crippen LogP contribution in [0.1, 0.15) is 18.4 Å². The average Bonchev–Trinajstić information content (AvgIpc) is 2.75. The van der Waals surface area contributed by atoms with Crippen molar-refractivity contribution in [2.24, 2.45) is 0 Å². The number of fused-ring (bicyclic) bond motifs is 3. The van der Waals surface area contributed by atoms with Crippen molar-refractivity contribution in [1.29, 1.82) is 0 Å². The van der Waals surface area contributed by atoms with Crippen molar-refractivity contribution in [3.05, 3.63) is 35.5 Å². The molecule has 0 aliphatic carbocycles. The Kier molecular flexibility index (Phi) is 3.28. The molecule has 0 radical (unpaired) electrons. The number of rotatable bonds is 3. The summed E-state index contributed by atoms with van der Waals surface area (Å²) in [6, 6.07) is 4.19. The first-order valence-corrected chi connectivity index (χ1v) is 8.64. The van der Waals surface area contributed by atoms with Gasteiger partial charge in [-0.25, -0.2) is 22.8 Å².